The molecule has 0 saturated carbocycles. The van der Waals surface area contributed by atoms with Crippen LogP contribution < -0.4 is 4.84 Å². The minimum absolute atomic E-state index is 0.146. The first-order valence-electron chi connectivity index (χ1n) is 3.16. The number of ether oxygens (including phenoxy) is 2. The average Bonchev–Trinajstić information content (AvgIpc) is 2.12. The normalized spacial score (nSPS) is 11.9. The summed E-state index contributed by atoms with van der Waals surface area (Å²) in [4.78, 5) is 23.6. The zero-order valence-corrected chi connectivity index (χ0v) is 7.55. The Morgan fingerprint density at radius 2 is 2.00 bits per heavy atom. The molecule has 0 rings (SSSR count). The molecule has 0 bridgehead atoms. The number of hydrogen-bond donors (Lipinski definition) is 1. The van der Waals surface area contributed by atoms with Crippen molar-refractivity contribution in [1.82, 2.24) is 4.84 Å². The van der Waals surface area contributed by atoms with Gasteiger partial charge in [-0.3, -0.25) is 9.59 Å². The van der Waals surface area contributed by atoms with E-state index in [1.54, 1.807) is 0 Å². The van der Waals surface area contributed by atoms with Crippen molar-refractivity contribution in [3.8, 4) is 0 Å². The number of halogens is 1. The van der Waals surface area contributed by atoms with Crippen molar-refractivity contribution in [1.29, 1.82) is 0 Å². The summed E-state index contributed by atoms with van der Waals surface area (Å²) in [7, 11) is 2.44. The Hall–Kier alpha value is -0.810. The van der Waals surface area contributed by atoms with Gasteiger partial charge in [-0.05, 0) is 11.8 Å². The van der Waals surface area contributed by atoms with Crippen molar-refractivity contribution in [3.63, 3.8) is 0 Å². The molecule has 0 saturated heterocycles. The van der Waals surface area contributed by atoms with Crippen LogP contribution in [0.5, 0.6) is 0 Å². The second kappa shape index (κ2) is 5.79. The molecule has 6 heteroatoms. The van der Waals surface area contributed by atoms with Gasteiger partial charge in [0.15, 0.2) is 0 Å². The summed E-state index contributed by atoms with van der Waals surface area (Å²) in [5.41, 5.74) is 0. The van der Waals surface area contributed by atoms with Crippen LogP contribution in [-0.4, -0.2) is 32.2 Å². The van der Waals surface area contributed by atoms with E-state index in [9.17, 15) is 9.59 Å². The number of rotatable bonds is 4. The minimum atomic E-state index is -0.857. The van der Waals surface area contributed by atoms with Crippen LogP contribution >= 0.6 is 11.8 Å². The monoisotopic (exact) mass is 195 g/mol. The van der Waals surface area contributed by atoms with Gasteiger partial charge in [0.25, 0.3) is 0 Å². The first-order valence-corrected chi connectivity index (χ1v) is 3.54. The van der Waals surface area contributed by atoms with Crippen molar-refractivity contribution in [2.75, 3.05) is 14.2 Å². The van der Waals surface area contributed by atoms with Crippen molar-refractivity contribution >= 4 is 23.7 Å². The molecule has 0 aromatic rings. The first-order chi connectivity index (χ1) is 5.65. The smallest absolute Gasteiger partial charge is 0.324 e. The zero-order valence-electron chi connectivity index (χ0n) is 6.80. The van der Waals surface area contributed by atoms with Gasteiger partial charge in [0.2, 0.25) is 0 Å². The number of nitrogens with one attached hydrogen (secondary N) is 1. The second-order valence-corrected chi connectivity index (χ2v) is 2.18. The molecule has 0 fully saturated rings. The van der Waals surface area contributed by atoms with E-state index in [1.807, 2.05) is 0 Å². The fourth-order valence-electron chi connectivity index (χ4n) is 0.559. The Bertz CT molecular complexity index is 173. The highest BCUT2D eigenvalue weighted by Crippen LogP contribution is 1.97. The molecule has 0 aromatic carbocycles. The maximum atomic E-state index is 10.8. The molecule has 0 amide bonds. The Morgan fingerprint density at radius 3 is 2.33 bits per heavy atom. The number of carbonyl (C=O) groups is 2. The van der Waals surface area contributed by atoms with E-state index in [0.717, 1.165) is 0 Å². The predicted molar refractivity (Wildman–Crippen MR) is 41.4 cm³/mol. The van der Waals surface area contributed by atoms with E-state index in [-0.39, 0.29) is 6.42 Å². The van der Waals surface area contributed by atoms with Gasteiger partial charge >= 0.3 is 11.9 Å². The zero-order chi connectivity index (χ0) is 9.56. The molecule has 0 aliphatic carbocycles. The average molecular weight is 196 g/mol. The fourth-order valence-corrected chi connectivity index (χ4v) is 0.725. The largest absolute Gasteiger partial charge is 0.469 e. The lowest BCUT2D eigenvalue weighted by Gasteiger charge is -2.09. The lowest BCUT2D eigenvalue weighted by Crippen LogP contribution is -2.34. The summed E-state index contributed by atoms with van der Waals surface area (Å²) in [5, 5.41) is 0. The van der Waals surface area contributed by atoms with E-state index in [4.69, 9.17) is 11.8 Å². The van der Waals surface area contributed by atoms with Crippen molar-refractivity contribution in [2.24, 2.45) is 0 Å². The number of carbonyl (C=O) groups excluding carboxylic acids is 2. The molecule has 0 aliphatic rings. The summed E-state index contributed by atoms with van der Waals surface area (Å²) < 4.78 is 8.69. The first kappa shape index (κ1) is 11.2. The SMILES string of the molecule is COC(=O)C[C@H](NCl)C(=O)OC. The summed E-state index contributed by atoms with van der Waals surface area (Å²) in [6.07, 6.45) is -0.146. The van der Waals surface area contributed by atoms with Crippen LogP contribution in [0.1, 0.15) is 6.42 Å². The van der Waals surface area contributed by atoms with E-state index >= 15 is 0 Å². The Kier molecular flexibility index (Phi) is 5.40. The lowest BCUT2D eigenvalue weighted by molar-refractivity contribution is -0.149. The van der Waals surface area contributed by atoms with Crippen LogP contribution in [0.3, 0.4) is 0 Å². The third kappa shape index (κ3) is 3.54. The van der Waals surface area contributed by atoms with E-state index in [2.05, 4.69) is 14.3 Å². The summed E-state index contributed by atoms with van der Waals surface area (Å²) in [6, 6.07) is -0.857. The Balaban J connectivity index is 3.99. The molecule has 0 aliphatic heterocycles. The van der Waals surface area contributed by atoms with Gasteiger partial charge in [-0.2, -0.15) is 0 Å². The van der Waals surface area contributed by atoms with Gasteiger partial charge in [-0.25, -0.2) is 4.84 Å². The molecule has 5 nitrogen and oxygen atoms in total. The molecule has 70 valence electrons. The highest BCUT2D eigenvalue weighted by Gasteiger charge is 2.21. The van der Waals surface area contributed by atoms with E-state index < -0.39 is 18.0 Å². The predicted octanol–water partition coefficient (Wildman–Crippen LogP) is -0.166. The van der Waals surface area contributed by atoms with Crippen molar-refractivity contribution in [2.45, 2.75) is 12.5 Å². The maximum absolute atomic E-state index is 10.8. The molecule has 0 heterocycles. The van der Waals surface area contributed by atoms with E-state index in [1.165, 1.54) is 14.2 Å². The third-order valence-corrected chi connectivity index (χ3v) is 1.48. The van der Waals surface area contributed by atoms with Crippen LogP contribution in [0, 0.1) is 0 Å². The molecule has 0 aromatic heterocycles. The lowest BCUT2D eigenvalue weighted by atomic mass is 10.2. The van der Waals surface area contributed by atoms with Gasteiger partial charge in [-0.1, -0.05) is 0 Å². The standard InChI is InChI=1S/C6H10ClNO4/c1-11-5(9)3-4(8-7)6(10)12-2/h4,8H,3H2,1-2H3/t4-/m0/s1. The Labute approximate surface area is 75.1 Å². The fraction of sp³-hybridized carbons (Fsp3) is 0.667. The van der Waals surface area contributed by atoms with E-state index in [0.29, 0.717) is 0 Å². The van der Waals surface area contributed by atoms with Gasteiger partial charge in [0.05, 0.1) is 20.6 Å². The molecule has 1 atom stereocenters. The van der Waals surface area contributed by atoms with Crippen LogP contribution in [0.4, 0.5) is 0 Å². The summed E-state index contributed by atoms with van der Waals surface area (Å²) in [5.74, 6) is -1.13. The van der Waals surface area contributed by atoms with Gasteiger partial charge in [0.1, 0.15) is 6.04 Å². The molecule has 0 radical (unpaired) electrons. The topological polar surface area (TPSA) is 64.6 Å². The highest BCUT2D eigenvalue weighted by molar-refractivity contribution is 6.15. The highest BCUT2D eigenvalue weighted by atomic mass is 35.5. The van der Waals surface area contributed by atoms with Crippen molar-refractivity contribution < 1.29 is 19.1 Å². The van der Waals surface area contributed by atoms with Crippen LogP contribution in [-0.2, 0) is 19.1 Å². The van der Waals surface area contributed by atoms with Crippen LogP contribution in [0.2, 0.25) is 0 Å². The number of hydrogen-bond acceptors (Lipinski definition) is 5. The molecular weight excluding hydrogens is 186 g/mol. The number of methoxy groups -OCH3 is 2. The second-order valence-electron chi connectivity index (χ2n) is 1.97. The molecule has 0 spiro atoms. The molecule has 1 N–H and O–H groups in total. The molecular formula is C6H10ClNO4. The van der Waals surface area contributed by atoms with Gasteiger partial charge in [0, 0.05) is 0 Å². The summed E-state index contributed by atoms with van der Waals surface area (Å²) in [6.45, 7) is 0. The number of esters is 2. The van der Waals surface area contributed by atoms with Gasteiger partial charge < -0.3 is 9.47 Å². The Morgan fingerprint density at radius 1 is 1.42 bits per heavy atom. The third-order valence-electron chi connectivity index (χ3n) is 1.22. The van der Waals surface area contributed by atoms with Crippen LogP contribution in [0.15, 0.2) is 0 Å². The molecule has 12 heavy (non-hydrogen) atoms. The van der Waals surface area contributed by atoms with Gasteiger partial charge in [-0.15, -0.1) is 0 Å². The van der Waals surface area contributed by atoms with Crippen molar-refractivity contribution in [3.05, 3.63) is 0 Å². The maximum Gasteiger partial charge on any atom is 0.324 e. The summed E-state index contributed by atoms with van der Waals surface area (Å²) >= 11 is 5.18. The molecule has 0 unspecified atom stereocenters. The minimum Gasteiger partial charge on any atom is -0.469 e. The van der Waals surface area contributed by atoms with Crippen LogP contribution in [0.25, 0.3) is 0 Å². The quantitative estimate of drug-likeness (QED) is 0.499.